The minimum absolute atomic E-state index is 0. The fraction of sp³-hybridized carbons (Fsp3) is 0.125. The van der Waals surface area contributed by atoms with Gasteiger partial charge < -0.3 is 15.0 Å². The van der Waals surface area contributed by atoms with Gasteiger partial charge in [-0.2, -0.15) is 0 Å². The van der Waals surface area contributed by atoms with Gasteiger partial charge in [-0.25, -0.2) is 0 Å². The molecule has 0 aliphatic heterocycles. The van der Waals surface area contributed by atoms with Crippen molar-refractivity contribution in [2.24, 2.45) is 0 Å². The Morgan fingerprint density at radius 2 is 2.08 bits per heavy atom. The van der Waals surface area contributed by atoms with Gasteiger partial charge in [0.2, 0.25) is 0 Å². The molecule has 0 radical (unpaired) electrons. The van der Waals surface area contributed by atoms with E-state index in [1.165, 1.54) is 12.1 Å². The first kappa shape index (κ1) is 12.5. The van der Waals surface area contributed by atoms with Crippen molar-refractivity contribution in [1.29, 1.82) is 0 Å². The van der Waals surface area contributed by atoms with Gasteiger partial charge in [0.05, 0.1) is 5.97 Å². The molecule has 0 spiro atoms. The van der Waals surface area contributed by atoms with Crippen molar-refractivity contribution in [2.45, 2.75) is 6.92 Å². The number of rotatable bonds is 1. The number of aromatic carboxylic acids is 1. The molecule has 4 heteroatoms. The predicted octanol–water partition coefficient (Wildman–Crippen LogP) is -2.93. The number of carboxylic acids is 1. The second kappa shape index (κ2) is 5.31. The summed E-state index contributed by atoms with van der Waals surface area (Å²) >= 11 is 0. The number of benzene rings is 1. The number of hydrogen-bond donors (Lipinski definition) is 1. The zero-order valence-electron chi connectivity index (χ0n) is 7.00. The molecule has 1 aromatic rings. The van der Waals surface area contributed by atoms with Gasteiger partial charge in [0, 0.05) is 5.56 Å². The molecule has 1 rings (SSSR count). The van der Waals surface area contributed by atoms with E-state index in [1.54, 1.807) is 13.0 Å². The summed E-state index contributed by atoms with van der Waals surface area (Å²) in [5.41, 5.74) is 0.642. The summed E-state index contributed by atoms with van der Waals surface area (Å²) < 4.78 is 0. The van der Waals surface area contributed by atoms with E-state index in [4.69, 9.17) is 5.11 Å². The third-order valence-corrected chi connectivity index (χ3v) is 1.37. The van der Waals surface area contributed by atoms with Gasteiger partial charge in [0.15, 0.2) is 0 Å². The molecule has 0 saturated carbocycles. The third kappa shape index (κ3) is 3.12. The number of phenols is 1. The van der Waals surface area contributed by atoms with Crippen LogP contribution in [0.25, 0.3) is 0 Å². The SMILES string of the molecule is Cc1ccc(C(=O)[O-])c(O)c1.[Cs+]. The van der Waals surface area contributed by atoms with E-state index in [0.717, 1.165) is 5.56 Å². The molecule has 0 aromatic heterocycles. The molecule has 58 valence electrons. The Hall–Kier alpha value is 0.542. The maximum Gasteiger partial charge on any atom is 1.00 e. The largest absolute Gasteiger partial charge is 1.00 e. The smallest absolute Gasteiger partial charge is 0.545 e. The van der Waals surface area contributed by atoms with Gasteiger partial charge >= 0.3 is 68.9 Å². The molecule has 0 aliphatic rings. The van der Waals surface area contributed by atoms with Crippen molar-refractivity contribution in [2.75, 3.05) is 0 Å². The molecule has 3 nitrogen and oxygen atoms in total. The first-order valence-corrected chi connectivity index (χ1v) is 3.12. The van der Waals surface area contributed by atoms with Crippen LogP contribution in [-0.4, -0.2) is 11.1 Å². The second-order valence-corrected chi connectivity index (χ2v) is 2.31. The van der Waals surface area contributed by atoms with Crippen LogP contribution in [0.1, 0.15) is 15.9 Å². The van der Waals surface area contributed by atoms with Crippen LogP contribution in [-0.2, 0) is 0 Å². The molecule has 0 amide bonds. The van der Waals surface area contributed by atoms with Crippen molar-refractivity contribution in [3.05, 3.63) is 29.3 Å². The van der Waals surface area contributed by atoms with Gasteiger partial charge in [0.25, 0.3) is 0 Å². The topological polar surface area (TPSA) is 60.4 Å². The van der Waals surface area contributed by atoms with Gasteiger partial charge in [-0.1, -0.05) is 6.07 Å². The maximum atomic E-state index is 10.3. The number of aryl methyl sites for hydroxylation is 1. The first-order chi connectivity index (χ1) is 5.11. The Labute approximate surface area is 129 Å². The van der Waals surface area contributed by atoms with Crippen LogP contribution in [0, 0.1) is 6.92 Å². The molecular weight excluding hydrogens is 277 g/mol. The monoisotopic (exact) mass is 284 g/mol. The van der Waals surface area contributed by atoms with E-state index in [1.807, 2.05) is 0 Å². The molecule has 12 heavy (non-hydrogen) atoms. The first-order valence-electron chi connectivity index (χ1n) is 3.12. The normalized spacial score (nSPS) is 8.75. The van der Waals surface area contributed by atoms with E-state index in [0.29, 0.717) is 0 Å². The van der Waals surface area contributed by atoms with E-state index in [9.17, 15) is 9.90 Å². The molecule has 0 aliphatic carbocycles. The summed E-state index contributed by atoms with van der Waals surface area (Å²) in [4.78, 5) is 10.3. The van der Waals surface area contributed by atoms with Crippen LogP contribution in [0.3, 0.4) is 0 Å². The Bertz CT molecular complexity index is 296. The van der Waals surface area contributed by atoms with E-state index >= 15 is 0 Å². The predicted molar refractivity (Wildman–Crippen MR) is 37.2 cm³/mol. The van der Waals surface area contributed by atoms with E-state index < -0.39 is 5.97 Å². The zero-order valence-corrected chi connectivity index (χ0v) is 13.3. The van der Waals surface area contributed by atoms with Crippen molar-refractivity contribution < 1.29 is 83.9 Å². The molecule has 0 unspecified atom stereocenters. The molecule has 1 aromatic carbocycles. The molecule has 0 heterocycles. The maximum absolute atomic E-state index is 10.3. The standard InChI is InChI=1S/C8H8O3.Cs/c1-5-2-3-6(8(10)11)7(9)4-5;/h2-4,9H,1H3,(H,10,11);/q;+1/p-1. The van der Waals surface area contributed by atoms with Crippen molar-refractivity contribution in [1.82, 2.24) is 0 Å². The van der Waals surface area contributed by atoms with Crippen LogP contribution in [0.4, 0.5) is 0 Å². The van der Waals surface area contributed by atoms with Crippen LogP contribution in [0.5, 0.6) is 5.75 Å². The average molecular weight is 284 g/mol. The molecule has 0 atom stereocenters. The fourth-order valence-corrected chi connectivity index (χ4v) is 0.814. The number of hydrogen-bond acceptors (Lipinski definition) is 3. The Kier molecular flexibility index (Phi) is 5.55. The molecule has 1 N–H and O–H groups in total. The minimum atomic E-state index is -1.36. The van der Waals surface area contributed by atoms with Gasteiger partial charge in [-0.3, -0.25) is 0 Å². The molecular formula is C8H7CsO3. The molecule has 0 bridgehead atoms. The number of carbonyl (C=O) groups is 1. The third-order valence-electron chi connectivity index (χ3n) is 1.37. The number of aromatic hydroxyl groups is 1. The van der Waals surface area contributed by atoms with Gasteiger partial charge in [0.1, 0.15) is 5.75 Å². The van der Waals surface area contributed by atoms with E-state index in [2.05, 4.69) is 0 Å². The van der Waals surface area contributed by atoms with Crippen molar-refractivity contribution in [3.8, 4) is 5.75 Å². The Morgan fingerprint density at radius 3 is 2.50 bits per heavy atom. The average Bonchev–Trinajstić information content (AvgIpc) is 1.85. The van der Waals surface area contributed by atoms with Crippen molar-refractivity contribution in [3.63, 3.8) is 0 Å². The quantitative estimate of drug-likeness (QED) is 0.600. The number of carbonyl (C=O) groups excluding carboxylic acids is 1. The number of carboxylic acid groups (broad SMARTS) is 1. The summed E-state index contributed by atoms with van der Waals surface area (Å²) in [6.07, 6.45) is 0. The van der Waals surface area contributed by atoms with Crippen LogP contribution >= 0.6 is 0 Å². The van der Waals surface area contributed by atoms with Crippen LogP contribution < -0.4 is 74.0 Å². The summed E-state index contributed by atoms with van der Waals surface area (Å²) in [5.74, 6) is -1.60. The fourth-order valence-electron chi connectivity index (χ4n) is 0.814. The Balaban J connectivity index is 0.00000121. The van der Waals surface area contributed by atoms with Gasteiger partial charge in [-0.05, 0) is 24.6 Å². The Morgan fingerprint density at radius 1 is 1.50 bits per heavy atom. The minimum Gasteiger partial charge on any atom is -0.545 e. The van der Waals surface area contributed by atoms with Crippen LogP contribution in [0.15, 0.2) is 18.2 Å². The second-order valence-electron chi connectivity index (χ2n) is 2.31. The van der Waals surface area contributed by atoms with Crippen molar-refractivity contribution >= 4 is 5.97 Å². The van der Waals surface area contributed by atoms with E-state index in [-0.39, 0.29) is 80.2 Å². The summed E-state index contributed by atoms with van der Waals surface area (Å²) in [6.45, 7) is 1.76. The molecule has 0 fully saturated rings. The zero-order chi connectivity index (χ0) is 8.43. The van der Waals surface area contributed by atoms with Crippen LogP contribution in [0.2, 0.25) is 0 Å². The van der Waals surface area contributed by atoms with Gasteiger partial charge in [-0.15, -0.1) is 0 Å². The summed E-state index contributed by atoms with van der Waals surface area (Å²) in [7, 11) is 0. The summed E-state index contributed by atoms with van der Waals surface area (Å²) in [6, 6.07) is 4.30. The summed E-state index contributed by atoms with van der Waals surface area (Å²) in [5, 5.41) is 19.3. The molecule has 0 saturated heterocycles.